The molecule has 0 saturated heterocycles. The van der Waals surface area contributed by atoms with Crippen molar-refractivity contribution in [2.45, 2.75) is 32.1 Å². The first kappa shape index (κ1) is 13.0. The van der Waals surface area contributed by atoms with Crippen LogP contribution in [0, 0.1) is 6.92 Å². The quantitative estimate of drug-likeness (QED) is 0.874. The van der Waals surface area contributed by atoms with Crippen LogP contribution >= 0.6 is 0 Å². The third-order valence-electron chi connectivity index (χ3n) is 3.45. The van der Waals surface area contributed by atoms with Gasteiger partial charge in [0.1, 0.15) is 5.82 Å². The van der Waals surface area contributed by atoms with E-state index in [0.29, 0.717) is 18.8 Å². The number of imidazole rings is 1. The van der Waals surface area contributed by atoms with Gasteiger partial charge in [0.25, 0.3) is 0 Å². The number of rotatable bonds is 1. The lowest BCUT2D eigenvalue weighted by molar-refractivity contribution is -0.174. The maximum Gasteiger partial charge on any atom is 0.471 e. The van der Waals surface area contributed by atoms with Gasteiger partial charge in [-0.1, -0.05) is 6.07 Å². The molecule has 1 aliphatic heterocycles. The lowest BCUT2D eigenvalue weighted by Gasteiger charge is -2.12. The van der Waals surface area contributed by atoms with E-state index in [-0.39, 0.29) is 0 Å². The van der Waals surface area contributed by atoms with E-state index in [1.54, 1.807) is 0 Å². The Morgan fingerprint density at radius 3 is 2.90 bits per heavy atom. The van der Waals surface area contributed by atoms with Gasteiger partial charge in [0, 0.05) is 6.54 Å². The number of carbonyl (C=O) groups excluding carboxylic acids is 1. The van der Waals surface area contributed by atoms with Crippen molar-refractivity contribution in [1.82, 2.24) is 14.9 Å². The molecule has 2 aromatic rings. The molecule has 1 aromatic heterocycles. The van der Waals surface area contributed by atoms with Crippen LogP contribution < -0.4 is 5.32 Å². The first-order valence-corrected chi connectivity index (χ1v) is 6.21. The van der Waals surface area contributed by atoms with Crippen molar-refractivity contribution in [1.29, 1.82) is 0 Å². The average Bonchev–Trinajstić information content (AvgIpc) is 2.88. The molecule has 1 N–H and O–H groups in total. The summed E-state index contributed by atoms with van der Waals surface area (Å²) in [6.45, 7) is 2.50. The van der Waals surface area contributed by atoms with Crippen molar-refractivity contribution in [3.63, 3.8) is 0 Å². The van der Waals surface area contributed by atoms with E-state index in [1.807, 2.05) is 35.0 Å². The molecule has 2 heterocycles. The molecule has 1 aliphatic rings. The van der Waals surface area contributed by atoms with E-state index >= 15 is 0 Å². The summed E-state index contributed by atoms with van der Waals surface area (Å²) < 4.78 is 38.8. The highest BCUT2D eigenvalue weighted by Crippen LogP contribution is 2.31. The fourth-order valence-corrected chi connectivity index (χ4v) is 2.52. The third kappa shape index (κ3) is 2.03. The smallest absolute Gasteiger partial charge is 0.338 e. The predicted molar refractivity (Wildman–Crippen MR) is 66.0 cm³/mol. The van der Waals surface area contributed by atoms with Crippen LogP contribution in [0.3, 0.4) is 0 Å². The van der Waals surface area contributed by atoms with Gasteiger partial charge < -0.3 is 9.88 Å². The van der Waals surface area contributed by atoms with Gasteiger partial charge in [0.15, 0.2) is 0 Å². The van der Waals surface area contributed by atoms with E-state index in [4.69, 9.17) is 0 Å². The number of hydrogen-bond donors (Lipinski definition) is 1. The van der Waals surface area contributed by atoms with E-state index in [2.05, 4.69) is 4.98 Å². The van der Waals surface area contributed by atoms with Gasteiger partial charge in [-0.3, -0.25) is 4.79 Å². The van der Waals surface area contributed by atoms with E-state index in [0.717, 1.165) is 16.6 Å². The van der Waals surface area contributed by atoms with Crippen molar-refractivity contribution in [3.8, 4) is 0 Å². The predicted octanol–water partition coefficient (Wildman–Crippen LogP) is 2.47. The summed E-state index contributed by atoms with van der Waals surface area (Å²) in [4.78, 5) is 15.4. The molecule has 106 valence electrons. The first-order chi connectivity index (χ1) is 9.36. The van der Waals surface area contributed by atoms with Crippen LogP contribution in [0.25, 0.3) is 11.0 Å². The van der Waals surface area contributed by atoms with Crippen molar-refractivity contribution >= 4 is 16.9 Å². The second-order valence-corrected chi connectivity index (χ2v) is 4.93. The molecule has 4 nitrogen and oxygen atoms in total. The van der Waals surface area contributed by atoms with Gasteiger partial charge in [-0.15, -0.1) is 0 Å². The van der Waals surface area contributed by atoms with Crippen LogP contribution in [-0.4, -0.2) is 21.6 Å². The third-order valence-corrected chi connectivity index (χ3v) is 3.45. The summed E-state index contributed by atoms with van der Waals surface area (Å²) in [7, 11) is 0. The SMILES string of the molecule is Cc1ccc2nc3n(c2c1)CCC3NC(=O)C(F)(F)F. The Kier molecular flexibility index (Phi) is 2.74. The molecule has 7 heteroatoms. The minimum atomic E-state index is -4.87. The molecular formula is C13H12F3N3O. The summed E-state index contributed by atoms with van der Waals surface area (Å²) >= 11 is 0. The Balaban J connectivity index is 1.94. The molecule has 1 atom stereocenters. The fraction of sp³-hybridized carbons (Fsp3) is 0.385. The summed E-state index contributed by atoms with van der Waals surface area (Å²) in [6, 6.07) is 4.99. The molecule has 0 fully saturated rings. The minimum absolute atomic E-state index is 0.425. The number of benzene rings is 1. The number of amides is 1. The van der Waals surface area contributed by atoms with Gasteiger partial charge in [-0.2, -0.15) is 13.2 Å². The summed E-state index contributed by atoms with van der Waals surface area (Å²) in [6.07, 6.45) is -4.44. The number of hydrogen-bond acceptors (Lipinski definition) is 2. The van der Waals surface area contributed by atoms with Crippen LogP contribution in [0.2, 0.25) is 0 Å². The van der Waals surface area contributed by atoms with Crippen molar-refractivity contribution < 1.29 is 18.0 Å². The number of carbonyl (C=O) groups is 1. The normalized spacial score (nSPS) is 18.3. The molecular weight excluding hydrogens is 271 g/mol. The van der Waals surface area contributed by atoms with E-state index in [9.17, 15) is 18.0 Å². The summed E-state index contributed by atoms with van der Waals surface area (Å²) in [5, 5.41) is 2.00. The molecule has 0 bridgehead atoms. The topological polar surface area (TPSA) is 46.9 Å². The van der Waals surface area contributed by atoms with Gasteiger partial charge in [0.05, 0.1) is 17.1 Å². The highest BCUT2D eigenvalue weighted by molar-refractivity contribution is 5.82. The van der Waals surface area contributed by atoms with Crippen LogP contribution in [0.15, 0.2) is 18.2 Å². The number of aromatic nitrogens is 2. The van der Waals surface area contributed by atoms with Gasteiger partial charge in [-0.25, -0.2) is 4.98 Å². The number of halogens is 3. The number of aryl methyl sites for hydroxylation is 2. The standard InChI is InChI=1S/C13H12F3N3O/c1-7-2-3-8-10(6-7)19-5-4-9(11(19)17-8)18-12(20)13(14,15)16/h2-3,6,9H,4-5H2,1H3,(H,18,20). The molecule has 0 radical (unpaired) electrons. The molecule has 0 saturated carbocycles. The summed E-state index contributed by atoms with van der Waals surface area (Å²) in [5.74, 6) is -1.43. The van der Waals surface area contributed by atoms with Crippen LogP contribution in [0.4, 0.5) is 13.2 Å². The molecule has 0 spiro atoms. The zero-order chi connectivity index (χ0) is 14.5. The first-order valence-electron chi connectivity index (χ1n) is 6.21. The minimum Gasteiger partial charge on any atom is -0.338 e. The summed E-state index contributed by atoms with van der Waals surface area (Å²) in [5.41, 5.74) is 2.68. The maximum absolute atomic E-state index is 12.3. The number of nitrogens with zero attached hydrogens (tertiary/aromatic N) is 2. The molecule has 20 heavy (non-hydrogen) atoms. The Morgan fingerprint density at radius 1 is 1.45 bits per heavy atom. The second-order valence-electron chi connectivity index (χ2n) is 4.93. The molecule has 1 aromatic carbocycles. The maximum atomic E-state index is 12.3. The number of fused-ring (bicyclic) bond motifs is 3. The Hall–Kier alpha value is -2.05. The highest BCUT2D eigenvalue weighted by Gasteiger charge is 2.41. The van der Waals surface area contributed by atoms with Crippen LogP contribution in [0.1, 0.15) is 23.9 Å². The lowest BCUT2D eigenvalue weighted by atomic mass is 10.2. The van der Waals surface area contributed by atoms with E-state index in [1.165, 1.54) is 0 Å². The van der Waals surface area contributed by atoms with Crippen molar-refractivity contribution in [2.24, 2.45) is 0 Å². The van der Waals surface area contributed by atoms with Crippen LogP contribution in [0.5, 0.6) is 0 Å². The van der Waals surface area contributed by atoms with Crippen LogP contribution in [-0.2, 0) is 11.3 Å². The Bertz CT molecular complexity index is 690. The molecule has 1 amide bonds. The van der Waals surface area contributed by atoms with Gasteiger partial charge in [-0.05, 0) is 31.0 Å². The highest BCUT2D eigenvalue weighted by atomic mass is 19.4. The average molecular weight is 283 g/mol. The van der Waals surface area contributed by atoms with Gasteiger partial charge in [0.2, 0.25) is 0 Å². The van der Waals surface area contributed by atoms with Crippen molar-refractivity contribution in [3.05, 3.63) is 29.6 Å². The monoisotopic (exact) mass is 283 g/mol. The zero-order valence-corrected chi connectivity index (χ0v) is 10.7. The second kappa shape index (κ2) is 4.22. The molecule has 0 aliphatic carbocycles. The fourth-order valence-electron chi connectivity index (χ4n) is 2.52. The molecule has 3 rings (SSSR count). The Labute approximate surface area is 112 Å². The number of nitrogens with one attached hydrogen (secondary N) is 1. The number of alkyl halides is 3. The zero-order valence-electron chi connectivity index (χ0n) is 10.7. The largest absolute Gasteiger partial charge is 0.471 e. The lowest BCUT2D eigenvalue weighted by Crippen LogP contribution is -2.38. The molecule has 1 unspecified atom stereocenters. The van der Waals surface area contributed by atoms with E-state index < -0.39 is 18.1 Å². The Morgan fingerprint density at radius 2 is 2.20 bits per heavy atom. The van der Waals surface area contributed by atoms with Gasteiger partial charge >= 0.3 is 12.1 Å². The van der Waals surface area contributed by atoms with Crippen molar-refractivity contribution in [2.75, 3.05) is 0 Å².